The molecular formula is C17H33NO3Si. The summed E-state index contributed by atoms with van der Waals surface area (Å²) in [5, 5.41) is 0.205. The Hall–Kier alpha value is -0.813. The van der Waals surface area contributed by atoms with E-state index in [0.717, 1.165) is 0 Å². The Morgan fingerprint density at radius 3 is 2.32 bits per heavy atom. The summed E-state index contributed by atoms with van der Waals surface area (Å²) < 4.78 is 11.7. The van der Waals surface area contributed by atoms with Gasteiger partial charge < -0.3 is 14.1 Å². The average molecular weight is 328 g/mol. The molecule has 1 atom stereocenters. The van der Waals surface area contributed by atoms with Crippen molar-refractivity contribution in [2.24, 2.45) is 5.92 Å². The van der Waals surface area contributed by atoms with E-state index in [0.29, 0.717) is 19.7 Å². The van der Waals surface area contributed by atoms with Gasteiger partial charge in [-0.3, -0.25) is 0 Å². The number of amides is 1. The van der Waals surface area contributed by atoms with E-state index in [1.807, 2.05) is 26.8 Å². The van der Waals surface area contributed by atoms with Crippen LogP contribution in [-0.4, -0.2) is 44.6 Å². The first-order valence-corrected chi connectivity index (χ1v) is 11.0. The molecule has 0 radical (unpaired) electrons. The molecule has 0 aromatic carbocycles. The molecule has 0 aromatic rings. The maximum Gasteiger partial charge on any atom is 0.410 e. The van der Waals surface area contributed by atoms with Crippen LogP contribution in [0.25, 0.3) is 0 Å². The van der Waals surface area contributed by atoms with E-state index in [1.54, 1.807) is 4.90 Å². The van der Waals surface area contributed by atoms with E-state index in [-0.39, 0.29) is 17.0 Å². The van der Waals surface area contributed by atoms with Crippen LogP contribution in [-0.2, 0) is 9.16 Å². The van der Waals surface area contributed by atoms with Crippen molar-refractivity contribution in [1.82, 2.24) is 4.90 Å². The minimum Gasteiger partial charge on any atom is -0.444 e. The van der Waals surface area contributed by atoms with Gasteiger partial charge in [-0.1, -0.05) is 32.9 Å². The molecule has 1 amide bonds. The first-order chi connectivity index (χ1) is 9.82. The number of ether oxygens (including phenoxy) is 1. The van der Waals surface area contributed by atoms with Gasteiger partial charge in [0, 0.05) is 25.6 Å². The van der Waals surface area contributed by atoms with Gasteiger partial charge in [0.25, 0.3) is 0 Å². The van der Waals surface area contributed by atoms with E-state index in [9.17, 15) is 4.79 Å². The van der Waals surface area contributed by atoms with E-state index < -0.39 is 13.9 Å². The molecule has 0 saturated heterocycles. The lowest BCUT2D eigenvalue weighted by atomic mass is 10.1. The van der Waals surface area contributed by atoms with Crippen molar-refractivity contribution in [1.29, 1.82) is 0 Å². The fraction of sp³-hybridized carbons (Fsp3) is 0.824. The summed E-state index contributed by atoms with van der Waals surface area (Å²) in [6.07, 6.45) is 3.95. The summed E-state index contributed by atoms with van der Waals surface area (Å²) in [5.74, 6) is 0.246. The molecule has 0 bridgehead atoms. The molecule has 0 spiro atoms. The lowest BCUT2D eigenvalue weighted by Gasteiger charge is -2.38. The minimum atomic E-state index is -1.74. The third kappa shape index (κ3) is 5.76. The van der Waals surface area contributed by atoms with Crippen LogP contribution in [0.4, 0.5) is 4.79 Å². The highest BCUT2D eigenvalue weighted by Crippen LogP contribution is 2.36. The van der Waals surface area contributed by atoms with E-state index >= 15 is 0 Å². The van der Waals surface area contributed by atoms with Crippen molar-refractivity contribution in [2.75, 3.05) is 19.7 Å². The number of hydrogen-bond acceptors (Lipinski definition) is 3. The Bertz CT molecular complexity index is 419. The molecule has 4 nitrogen and oxygen atoms in total. The molecule has 1 rings (SSSR count). The molecule has 1 aliphatic heterocycles. The number of carbonyl (C=O) groups is 1. The topological polar surface area (TPSA) is 38.8 Å². The molecule has 0 saturated carbocycles. The van der Waals surface area contributed by atoms with Gasteiger partial charge in [-0.15, -0.1) is 0 Å². The van der Waals surface area contributed by atoms with E-state index in [2.05, 4.69) is 39.9 Å². The maximum atomic E-state index is 12.2. The standard InChI is InChI=1S/C17H33NO3Si/c1-16(2,3)21-15(19)18-11-9-10-14(12-18)13-20-22(7,8)17(4,5)6/h9-10,14H,11-13H2,1-8H3/t14-/m1/s1. The van der Waals surface area contributed by atoms with Gasteiger partial charge >= 0.3 is 6.09 Å². The second-order valence-corrected chi connectivity index (χ2v) is 13.5. The zero-order valence-corrected chi connectivity index (χ0v) is 16.5. The summed E-state index contributed by atoms with van der Waals surface area (Å²) in [4.78, 5) is 13.9. The number of rotatable bonds is 3. The number of hydrogen-bond donors (Lipinski definition) is 0. The monoisotopic (exact) mass is 327 g/mol. The van der Waals surface area contributed by atoms with Crippen LogP contribution >= 0.6 is 0 Å². The van der Waals surface area contributed by atoms with Gasteiger partial charge in [-0.25, -0.2) is 4.79 Å². The van der Waals surface area contributed by atoms with E-state index in [4.69, 9.17) is 9.16 Å². The van der Waals surface area contributed by atoms with Crippen molar-refractivity contribution in [2.45, 2.75) is 65.3 Å². The molecule has 0 aromatic heterocycles. The van der Waals surface area contributed by atoms with Gasteiger partial charge in [0.1, 0.15) is 5.60 Å². The third-order valence-electron chi connectivity index (χ3n) is 4.31. The summed E-state index contributed by atoms with van der Waals surface area (Å²) in [7, 11) is -1.74. The summed E-state index contributed by atoms with van der Waals surface area (Å²) in [6, 6.07) is 0. The van der Waals surface area contributed by atoms with Gasteiger partial charge in [0.2, 0.25) is 0 Å². The van der Waals surface area contributed by atoms with Gasteiger partial charge in [0.05, 0.1) is 0 Å². The molecule has 22 heavy (non-hydrogen) atoms. The van der Waals surface area contributed by atoms with Crippen LogP contribution < -0.4 is 0 Å². The maximum absolute atomic E-state index is 12.2. The van der Waals surface area contributed by atoms with E-state index in [1.165, 1.54) is 0 Å². The molecule has 5 heteroatoms. The Labute approximate surface area is 137 Å². The Morgan fingerprint density at radius 1 is 1.23 bits per heavy atom. The largest absolute Gasteiger partial charge is 0.444 e. The molecule has 1 aliphatic rings. The first-order valence-electron chi connectivity index (χ1n) is 8.10. The van der Waals surface area contributed by atoms with Crippen molar-refractivity contribution in [3.63, 3.8) is 0 Å². The quantitative estimate of drug-likeness (QED) is 0.568. The SMILES string of the molecule is CC(C)(C)OC(=O)N1CC=C[C@@H](CO[Si](C)(C)C(C)(C)C)C1. The molecular weight excluding hydrogens is 294 g/mol. The minimum absolute atomic E-state index is 0.205. The predicted molar refractivity (Wildman–Crippen MR) is 93.6 cm³/mol. The Kier molecular flexibility index (Phi) is 5.90. The van der Waals surface area contributed by atoms with Crippen LogP contribution in [0.2, 0.25) is 18.1 Å². The molecule has 1 heterocycles. The predicted octanol–water partition coefficient (Wildman–Crippen LogP) is 4.43. The molecule has 0 fully saturated rings. The fourth-order valence-corrected chi connectivity index (χ4v) is 2.98. The second-order valence-electron chi connectivity index (χ2n) is 8.64. The first kappa shape index (κ1) is 19.2. The lowest BCUT2D eigenvalue weighted by Crippen LogP contribution is -2.45. The van der Waals surface area contributed by atoms with Crippen molar-refractivity contribution >= 4 is 14.4 Å². The molecule has 128 valence electrons. The zero-order valence-electron chi connectivity index (χ0n) is 15.5. The van der Waals surface area contributed by atoms with Crippen molar-refractivity contribution in [3.05, 3.63) is 12.2 Å². The van der Waals surface area contributed by atoms with Gasteiger partial charge in [0.15, 0.2) is 8.32 Å². The normalized spacial score (nSPS) is 20.2. The smallest absolute Gasteiger partial charge is 0.410 e. The lowest BCUT2D eigenvalue weighted by molar-refractivity contribution is 0.0230. The average Bonchev–Trinajstić information content (AvgIpc) is 2.33. The van der Waals surface area contributed by atoms with Crippen LogP contribution in [0.3, 0.4) is 0 Å². The third-order valence-corrected chi connectivity index (χ3v) is 8.81. The van der Waals surface area contributed by atoms with Crippen LogP contribution in [0.15, 0.2) is 12.2 Å². The van der Waals surface area contributed by atoms with Gasteiger partial charge in [-0.2, -0.15) is 0 Å². The number of carbonyl (C=O) groups excluding carboxylic acids is 1. The fourth-order valence-electron chi connectivity index (χ4n) is 1.91. The summed E-state index contributed by atoms with van der Waals surface area (Å²) in [5.41, 5.74) is -0.453. The second kappa shape index (κ2) is 6.75. The van der Waals surface area contributed by atoms with Crippen molar-refractivity contribution < 1.29 is 14.0 Å². The summed E-state index contributed by atoms with van der Waals surface area (Å²) in [6.45, 7) is 18.9. The Balaban J connectivity index is 2.56. The summed E-state index contributed by atoms with van der Waals surface area (Å²) >= 11 is 0. The Morgan fingerprint density at radius 2 is 1.82 bits per heavy atom. The zero-order chi connectivity index (χ0) is 17.2. The van der Waals surface area contributed by atoms with Crippen LogP contribution in [0.5, 0.6) is 0 Å². The van der Waals surface area contributed by atoms with Crippen LogP contribution in [0.1, 0.15) is 41.5 Å². The molecule has 0 N–H and O–H groups in total. The highest BCUT2D eigenvalue weighted by molar-refractivity contribution is 6.74. The van der Waals surface area contributed by atoms with Crippen molar-refractivity contribution in [3.8, 4) is 0 Å². The molecule has 0 unspecified atom stereocenters. The van der Waals surface area contributed by atoms with Gasteiger partial charge in [-0.05, 0) is 38.9 Å². The highest BCUT2D eigenvalue weighted by atomic mass is 28.4. The molecule has 0 aliphatic carbocycles. The van der Waals surface area contributed by atoms with Crippen LogP contribution in [0, 0.1) is 5.92 Å². The highest BCUT2D eigenvalue weighted by Gasteiger charge is 2.37. The number of nitrogens with zero attached hydrogens (tertiary/aromatic N) is 1.